The number of carboxylic acids is 1. The molecular weight excluding hydrogens is 282 g/mol. The average Bonchev–Trinajstić information content (AvgIpc) is 2.71. The Hall–Kier alpha value is -2.04. The lowest BCUT2D eigenvalue weighted by Gasteiger charge is -2.37. The van der Waals surface area contributed by atoms with Crippen molar-refractivity contribution in [2.24, 2.45) is 16.7 Å². The second kappa shape index (κ2) is 5.63. The summed E-state index contributed by atoms with van der Waals surface area (Å²) in [4.78, 5) is 24.3. The van der Waals surface area contributed by atoms with Gasteiger partial charge in [-0.2, -0.15) is 0 Å². The molecule has 1 aromatic rings. The fraction of sp³-hybridized carbons (Fsp3) is 0.529. The van der Waals surface area contributed by atoms with E-state index in [1.807, 2.05) is 26.0 Å². The van der Waals surface area contributed by atoms with Crippen LogP contribution in [0.25, 0.3) is 0 Å². The van der Waals surface area contributed by atoms with E-state index in [4.69, 9.17) is 4.74 Å². The molecule has 120 valence electrons. The number of ether oxygens (including phenoxy) is 1. The highest BCUT2D eigenvalue weighted by Crippen LogP contribution is 2.56. The Kier molecular flexibility index (Phi) is 4.18. The molecule has 1 fully saturated rings. The maximum atomic E-state index is 12.6. The number of nitrogens with one attached hydrogen (secondary N) is 1. The molecule has 1 aliphatic carbocycles. The van der Waals surface area contributed by atoms with Crippen LogP contribution in [0, 0.1) is 16.7 Å². The summed E-state index contributed by atoms with van der Waals surface area (Å²) in [6.07, 6.45) is 1.07. The number of rotatable bonds is 4. The highest BCUT2D eigenvalue weighted by molar-refractivity contribution is 5.95. The molecular formula is C17H23NO4. The Balaban J connectivity index is 2.22. The minimum atomic E-state index is -0.893. The van der Waals surface area contributed by atoms with E-state index in [1.54, 1.807) is 26.2 Å². The predicted molar refractivity (Wildman–Crippen MR) is 83.9 cm³/mol. The van der Waals surface area contributed by atoms with Gasteiger partial charge in [-0.25, -0.2) is 0 Å². The molecule has 22 heavy (non-hydrogen) atoms. The van der Waals surface area contributed by atoms with E-state index in [-0.39, 0.29) is 11.8 Å². The maximum Gasteiger partial charge on any atom is 0.309 e. The van der Waals surface area contributed by atoms with E-state index in [2.05, 4.69) is 5.32 Å². The van der Waals surface area contributed by atoms with Gasteiger partial charge in [0.25, 0.3) is 0 Å². The number of aliphatic carboxylic acids is 1. The number of benzene rings is 1. The number of methoxy groups -OCH3 is 1. The van der Waals surface area contributed by atoms with Crippen molar-refractivity contribution < 1.29 is 19.4 Å². The molecule has 5 nitrogen and oxygen atoms in total. The highest BCUT2D eigenvalue weighted by atomic mass is 16.5. The van der Waals surface area contributed by atoms with Crippen LogP contribution in [-0.2, 0) is 9.59 Å². The van der Waals surface area contributed by atoms with Gasteiger partial charge in [-0.3, -0.25) is 9.59 Å². The lowest BCUT2D eigenvalue weighted by atomic mass is 9.65. The van der Waals surface area contributed by atoms with Crippen molar-refractivity contribution >= 4 is 17.6 Å². The van der Waals surface area contributed by atoms with E-state index < -0.39 is 16.8 Å². The molecule has 0 bridgehead atoms. The predicted octanol–water partition coefficient (Wildman–Crippen LogP) is 3.16. The van der Waals surface area contributed by atoms with E-state index in [0.717, 1.165) is 0 Å². The van der Waals surface area contributed by atoms with Crippen LogP contribution in [0.2, 0.25) is 0 Å². The smallest absolute Gasteiger partial charge is 0.309 e. The quantitative estimate of drug-likeness (QED) is 0.896. The number of hydrogen-bond acceptors (Lipinski definition) is 3. The molecule has 0 aromatic heterocycles. The molecule has 0 saturated heterocycles. The number of anilines is 1. The first-order valence-electron chi connectivity index (χ1n) is 7.41. The van der Waals surface area contributed by atoms with Crippen LogP contribution in [0.4, 0.5) is 5.69 Å². The number of hydrogen-bond donors (Lipinski definition) is 2. The minimum Gasteiger partial charge on any atom is -0.495 e. The van der Waals surface area contributed by atoms with E-state index in [9.17, 15) is 14.7 Å². The summed E-state index contributed by atoms with van der Waals surface area (Å²) >= 11 is 0. The number of carbonyl (C=O) groups is 2. The Morgan fingerprint density at radius 2 is 1.91 bits per heavy atom. The summed E-state index contributed by atoms with van der Waals surface area (Å²) in [5.74, 6) is -0.754. The van der Waals surface area contributed by atoms with Crippen molar-refractivity contribution in [3.8, 4) is 5.75 Å². The fourth-order valence-corrected chi connectivity index (χ4v) is 3.31. The third-order valence-corrected chi connectivity index (χ3v) is 5.38. The molecule has 1 aliphatic rings. The Bertz CT molecular complexity index is 596. The van der Waals surface area contributed by atoms with Gasteiger partial charge in [0, 0.05) is 5.92 Å². The van der Waals surface area contributed by atoms with Crippen molar-refractivity contribution in [1.29, 1.82) is 0 Å². The van der Waals surface area contributed by atoms with Crippen LogP contribution in [0.3, 0.4) is 0 Å². The number of para-hydroxylation sites is 2. The SMILES string of the molecule is COc1ccccc1NC(=O)[C@@H]1CC[C@](C)(C(=O)O)C1(C)C. The first-order chi connectivity index (χ1) is 10.2. The summed E-state index contributed by atoms with van der Waals surface area (Å²) in [7, 11) is 1.55. The fourth-order valence-electron chi connectivity index (χ4n) is 3.31. The molecule has 2 rings (SSSR count). The lowest BCUT2D eigenvalue weighted by Crippen LogP contribution is -2.43. The van der Waals surface area contributed by atoms with Crippen molar-refractivity contribution in [2.75, 3.05) is 12.4 Å². The zero-order valence-corrected chi connectivity index (χ0v) is 13.5. The van der Waals surface area contributed by atoms with Crippen LogP contribution in [0.15, 0.2) is 24.3 Å². The largest absolute Gasteiger partial charge is 0.495 e. The first kappa shape index (κ1) is 16.3. The minimum absolute atomic E-state index is 0.153. The summed E-state index contributed by atoms with van der Waals surface area (Å²) < 4.78 is 5.23. The number of amides is 1. The molecule has 0 radical (unpaired) electrons. The van der Waals surface area contributed by atoms with Gasteiger partial charge in [0.15, 0.2) is 0 Å². The number of carbonyl (C=O) groups excluding carboxylic acids is 1. The standard InChI is InChI=1S/C17H23NO4/c1-16(2)11(9-10-17(16,3)15(20)21)14(19)18-12-7-5-6-8-13(12)22-4/h5-8,11H,9-10H2,1-4H3,(H,18,19)(H,20,21)/t11-,17+/m0/s1. The monoisotopic (exact) mass is 305 g/mol. The molecule has 2 atom stereocenters. The molecule has 0 aliphatic heterocycles. The summed E-state index contributed by atoms with van der Waals surface area (Å²) in [5.41, 5.74) is -0.907. The molecule has 1 aromatic carbocycles. The van der Waals surface area contributed by atoms with Crippen LogP contribution in [0.5, 0.6) is 5.75 Å². The van der Waals surface area contributed by atoms with Crippen molar-refractivity contribution in [2.45, 2.75) is 33.6 Å². The molecule has 1 amide bonds. The van der Waals surface area contributed by atoms with Crippen molar-refractivity contribution in [3.63, 3.8) is 0 Å². The molecule has 2 N–H and O–H groups in total. The zero-order valence-electron chi connectivity index (χ0n) is 13.5. The summed E-state index contributed by atoms with van der Waals surface area (Å²) in [6.45, 7) is 5.45. The second-order valence-corrected chi connectivity index (χ2v) is 6.64. The molecule has 5 heteroatoms. The molecule has 1 saturated carbocycles. The highest BCUT2D eigenvalue weighted by Gasteiger charge is 2.58. The van der Waals surface area contributed by atoms with E-state index in [1.165, 1.54) is 0 Å². The summed E-state index contributed by atoms with van der Waals surface area (Å²) in [5, 5.41) is 12.4. The van der Waals surface area contributed by atoms with Gasteiger partial charge >= 0.3 is 5.97 Å². The van der Waals surface area contributed by atoms with Crippen LogP contribution in [-0.4, -0.2) is 24.1 Å². The third-order valence-electron chi connectivity index (χ3n) is 5.38. The Morgan fingerprint density at radius 3 is 2.45 bits per heavy atom. The van der Waals surface area contributed by atoms with E-state index >= 15 is 0 Å². The van der Waals surface area contributed by atoms with Crippen molar-refractivity contribution in [1.82, 2.24) is 0 Å². The lowest BCUT2D eigenvalue weighted by molar-refractivity contribution is -0.154. The van der Waals surface area contributed by atoms with Gasteiger partial charge in [-0.15, -0.1) is 0 Å². The van der Waals surface area contributed by atoms with Gasteiger partial charge in [0.1, 0.15) is 5.75 Å². The summed E-state index contributed by atoms with van der Waals surface area (Å²) in [6, 6.07) is 7.20. The van der Waals surface area contributed by atoms with E-state index in [0.29, 0.717) is 24.3 Å². The third kappa shape index (κ3) is 2.45. The zero-order chi connectivity index (χ0) is 16.5. The topological polar surface area (TPSA) is 75.6 Å². The molecule has 0 unspecified atom stereocenters. The van der Waals surface area contributed by atoms with Gasteiger partial charge in [0.2, 0.25) is 5.91 Å². The van der Waals surface area contributed by atoms with Gasteiger partial charge < -0.3 is 15.2 Å². The maximum absolute atomic E-state index is 12.6. The van der Waals surface area contributed by atoms with Gasteiger partial charge in [-0.05, 0) is 37.3 Å². The Labute approximate surface area is 130 Å². The van der Waals surface area contributed by atoms with Gasteiger partial charge in [-0.1, -0.05) is 26.0 Å². The van der Waals surface area contributed by atoms with Crippen molar-refractivity contribution in [3.05, 3.63) is 24.3 Å². The molecule has 0 spiro atoms. The number of carboxylic acid groups (broad SMARTS) is 1. The van der Waals surface area contributed by atoms with Gasteiger partial charge in [0.05, 0.1) is 18.2 Å². The first-order valence-corrected chi connectivity index (χ1v) is 7.41. The van der Waals surface area contributed by atoms with Crippen LogP contribution in [0.1, 0.15) is 33.6 Å². The second-order valence-electron chi connectivity index (χ2n) is 6.64. The van der Waals surface area contributed by atoms with Crippen LogP contribution >= 0.6 is 0 Å². The molecule has 0 heterocycles. The van der Waals surface area contributed by atoms with Crippen LogP contribution < -0.4 is 10.1 Å². The normalized spacial score (nSPS) is 26.5. The Morgan fingerprint density at radius 1 is 1.27 bits per heavy atom. The average molecular weight is 305 g/mol.